The summed E-state index contributed by atoms with van der Waals surface area (Å²) in [6.07, 6.45) is 0.266. The van der Waals surface area contributed by atoms with Gasteiger partial charge in [-0.15, -0.1) is 0 Å². The molecular weight excluding hydrogens is 468 g/mol. The highest BCUT2D eigenvalue weighted by Gasteiger charge is 2.49. The van der Waals surface area contributed by atoms with Crippen LogP contribution in [0.3, 0.4) is 0 Å². The average Bonchev–Trinajstić information content (AvgIpc) is 3.45. The van der Waals surface area contributed by atoms with Gasteiger partial charge < -0.3 is 24.1 Å². The maximum Gasteiger partial charge on any atom is 0.342 e. The van der Waals surface area contributed by atoms with Crippen molar-refractivity contribution < 1.29 is 28.8 Å². The summed E-state index contributed by atoms with van der Waals surface area (Å²) < 4.78 is 30.6. The van der Waals surface area contributed by atoms with Crippen LogP contribution < -0.4 is 14.2 Å². The maximum absolute atomic E-state index is 13.3. The van der Waals surface area contributed by atoms with Gasteiger partial charge in [0.25, 0.3) is 5.79 Å². The highest BCUT2D eigenvalue weighted by Crippen LogP contribution is 2.48. The smallest absolute Gasteiger partial charge is 0.342 e. The van der Waals surface area contributed by atoms with Gasteiger partial charge >= 0.3 is 5.97 Å². The minimum Gasteiger partial charge on any atom is -0.493 e. The zero-order valence-corrected chi connectivity index (χ0v) is 20.1. The second kappa shape index (κ2) is 9.01. The van der Waals surface area contributed by atoms with E-state index < -0.39 is 11.8 Å². The van der Waals surface area contributed by atoms with Gasteiger partial charge in [0.1, 0.15) is 11.0 Å². The first-order chi connectivity index (χ1) is 17.0. The Morgan fingerprint density at radius 3 is 2.26 bits per heavy atom. The van der Waals surface area contributed by atoms with Crippen LogP contribution in [0.2, 0.25) is 0 Å². The predicted octanol–water partition coefficient (Wildman–Crippen LogP) is 4.12. The number of hydrogen-bond acceptors (Lipinski definition) is 9. The number of ether oxygens (including phenoxy) is 4. The highest BCUT2D eigenvalue weighted by molar-refractivity contribution is 7.00. The van der Waals surface area contributed by atoms with E-state index in [1.165, 1.54) is 21.3 Å². The molecule has 0 radical (unpaired) electrons. The summed E-state index contributed by atoms with van der Waals surface area (Å²) in [7, 11) is 4.46. The van der Waals surface area contributed by atoms with Crippen molar-refractivity contribution in [3.05, 3.63) is 82.9 Å². The fourth-order valence-corrected chi connectivity index (χ4v) is 4.80. The van der Waals surface area contributed by atoms with Gasteiger partial charge in [0.2, 0.25) is 5.75 Å². The lowest BCUT2D eigenvalue weighted by Crippen LogP contribution is -2.30. The minimum absolute atomic E-state index is 0.266. The van der Waals surface area contributed by atoms with Gasteiger partial charge in [-0.25, -0.2) is 4.79 Å². The predicted molar refractivity (Wildman–Crippen MR) is 131 cm³/mol. The highest BCUT2D eigenvalue weighted by atomic mass is 32.1. The van der Waals surface area contributed by atoms with Crippen molar-refractivity contribution in [1.29, 1.82) is 0 Å². The number of carbonyl (C=O) groups excluding carboxylic acids is 1. The van der Waals surface area contributed by atoms with E-state index in [0.29, 0.717) is 33.9 Å². The zero-order valence-electron chi connectivity index (χ0n) is 19.3. The number of hydrogen-bond donors (Lipinski definition) is 1. The SMILES string of the molecule is COc1cc(C2(O)OC(=O)C(c3ccc4nsnc4c3)=C2Cc2ccccc2)cc(OC)c1OC. The molecule has 0 aliphatic carbocycles. The molecule has 2 heterocycles. The molecule has 1 atom stereocenters. The molecule has 8 nitrogen and oxygen atoms in total. The summed E-state index contributed by atoms with van der Waals surface area (Å²) in [5, 5.41) is 12.0. The lowest BCUT2D eigenvalue weighted by Gasteiger charge is -2.27. The summed E-state index contributed by atoms with van der Waals surface area (Å²) >= 11 is 1.10. The first-order valence-electron chi connectivity index (χ1n) is 10.7. The molecule has 5 rings (SSSR count). The van der Waals surface area contributed by atoms with E-state index in [1.54, 1.807) is 30.3 Å². The van der Waals surface area contributed by atoms with Crippen molar-refractivity contribution in [2.75, 3.05) is 21.3 Å². The molecule has 1 N–H and O–H groups in total. The number of cyclic esters (lactones) is 1. The Kier molecular flexibility index (Phi) is 5.88. The van der Waals surface area contributed by atoms with Crippen molar-refractivity contribution in [2.24, 2.45) is 0 Å². The van der Waals surface area contributed by atoms with Crippen LogP contribution >= 0.6 is 11.7 Å². The molecule has 1 unspecified atom stereocenters. The number of aliphatic hydroxyl groups is 1. The maximum atomic E-state index is 13.3. The molecule has 4 aromatic rings. The van der Waals surface area contributed by atoms with Gasteiger partial charge in [-0.3, -0.25) is 0 Å². The lowest BCUT2D eigenvalue weighted by atomic mass is 9.87. The molecule has 1 aliphatic heterocycles. The van der Waals surface area contributed by atoms with Gasteiger partial charge in [0.15, 0.2) is 11.5 Å². The fraction of sp³-hybridized carbons (Fsp3) is 0.192. The second-order valence-electron chi connectivity index (χ2n) is 7.93. The topological polar surface area (TPSA) is 100 Å². The Hall–Kier alpha value is -3.95. The van der Waals surface area contributed by atoms with E-state index >= 15 is 0 Å². The number of aromatic nitrogens is 2. The van der Waals surface area contributed by atoms with Crippen LogP contribution in [0.1, 0.15) is 16.7 Å². The number of rotatable bonds is 7. The molecule has 3 aromatic carbocycles. The average molecular weight is 491 g/mol. The van der Waals surface area contributed by atoms with E-state index in [4.69, 9.17) is 18.9 Å². The lowest BCUT2D eigenvalue weighted by molar-refractivity contribution is -0.185. The first kappa shape index (κ1) is 22.8. The quantitative estimate of drug-likeness (QED) is 0.386. The van der Waals surface area contributed by atoms with E-state index in [0.717, 1.165) is 22.8 Å². The number of fused-ring (bicyclic) bond motifs is 1. The van der Waals surface area contributed by atoms with Crippen LogP contribution in [0.25, 0.3) is 16.6 Å². The number of nitrogens with zero attached hydrogens (tertiary/aromatic N) is 2. The van der Waals surface area contributed by atoms with Crippen molar-refractivity contribution in [2.45, 2.75) is 12.2 Å². The molecule has 0 amide bonds. The van der Waals surface area contributed by atoms with Crippen molar-refractivity contribution in [3.63, 3.8) is 0 Å². The zero-order chi connectivity index (χ0) is 24.6. The molecule has 1 aliphatic rings. The van der Waals surface area contributed by atoms with Gasteiger partial charge in [-0.1, -0.05) is 36.4 Å². The van der Waals surface area contributed by atoms with Gasteiger partial charge in [-0.2, -0.15) is 8.75 Å². The van der Waals surface area contributed by atoms with Gasteiger partial charge in [-0.05, 0) is 35.4 Å². The summed E-state index contributed by atoms with van der Waals surface area (Å²) in [5.74, 6) is -1.69. The van der Waals surface area contributed by atoms with Crippen LogP contribution in [-0.4, -0.2) is 41.2 Å². The molecule has 0 spiro atoms. The summed E-state index contributed by atoms with van der Waals surface area (Å²) in [6.45, 7) is 0. The molecule has 0 fully saturated rings. The number of methoxy groups -OCH3 is 3. The van der Waals surface area contributed by atoms with E-state index in [-0.39, 0.29) is 17.6 Å². The van der Waals surface area contributed by atoms with Crippen molar-refractivity contribution in [1.82, 2.24) is 8.75 Å². The molecule has 0 saturated heterocycles. The first-order valence-corrected chi connectivity index (χ1v) is 11.5. The number of carbonyl (C=O) groups is 1. The van der Waals surface area contributed by atoms with E-state index in [1.807, 2.05) is 30.3 Å². The standard InChI is InChI=1S/C26H22N2O6S/c1-31-21-13-17(14-22(32-2)24(21)33-3)26(30)18(11-15-7-5-4-6-8-15)23(25(29)34-26)16-9-10-19-20(12-16)28-35-27-19/h4-10,12-14,30H,11H2,1-3H3. The molecule has 9 heteroatoms. The van der Waals surface area contributed by atoms with Crippen LogP contribution in [0.5, 0.6) is 17.2 Å². The van der Waals surface area contributed by atoms with Crippen LogP contribution in [0, 0.1) is 0 Å². The summed E-state index contributed by atoms with van der Waals surface area (Å²) in [5.41, 5.74) is 3.83. The Balaban J connectivity index is 1.74. The summed E-state index contributed by atoms with van der Waals surface area (Å²) in [4.78, 5) is 13.3. The molecule has 178 valence electrons. The Labute approximate surface area is 205 Å². The molecule has 0 saturated carbocycles. The monoisotopic (exact) mass is 490 g/mol. The molecule has 35 heavy (non-hydrogen) atoms. The third kappa shape index (κ3) is 3.88. The number of esters is 1. The van der Waals surface area contributed by atoms with Crippen molar-refractivity contribution in [3.8, 4) is 17.2 Å². The van der Waals surface area contributed by atoms with Gasteiger partial charge in [0.05, 0.1) is 38.6 Å². The molecule has 1 aromatic heterocycles. The Morgan fingerprint density at radius 2 is 1.60 bits per heavy atom. The third-order valence-electron chi connectivity index (χ3n) is 5.98. The van der Waals surface area contributed by atoms with Crippen LogP contribution in [-0.2, 0) is 21.7 Å². The normalized spacial score (nSPS) is 17.5. The fourth-order valence-electron chi connectivity index (χ4n) is 4.29. The van der Waals surface area contributed by atoms with Crippen molar-refractivity contribution >= 4 is 34.3 Å². The van der Waals surface area contributed by atoms with Crippen LogP contribution in [0.4, 0.5) is 0 Å². The second-order valence-corrected chi connectivity index (χ2v) is 8.46. The summed E-state index contributed by atoms with van der Waals surface area (Å²) in [6, 6.07) is 18.1. The third-order valence-corrected chi connectivity index (χ3v) is 6.53. The van der Waals surface area contributed by atoms with Crippen LogP contribution in [0.15, 0.2) is 66.2 Å². The van der Waals surface area contributed by atoms with E-state index in [9.17, 15) is 9.90 Å². The largest absolute Gasteiger partial charge is 0.493 e. The minimum atomic E-state index is -2.07. The molecular formula is C26H22N2O6S. The molecule has 0 bridgehead atoms. The van der Waals surface area contributed by atoms with E-state index in [2.05, 4.69) is 8.75 Å². The Morgan fingerprint density at radius 1 is 0.914 bits per heavy atom. The van der Waals surface area contributed by atoms with Gasteiger partial charge in [0, 0.05) is 17.6 Å². The number of benzene rings is 3. The Bertz CT molecular complexity index is 1420.